The Morgan fingerprint density at radius 2 is 1.68 bits per heavy atom. The molecule has 2 N–H and O–H groups in total. The lowest BCUT2D eigenvalue weighted by molar-refractivity contribution is 0.476. The fourth-order valence-electron chi connectivity index (χ4n) is 1.56. The van der Waals surface area contributed by atoms with Gasteiger partial charge in [0.15, 0.2) is 5.75 Å². The third-order valence-corrected chi connectivity index (χ3v) is 3.48. The van der Waals surface area contributed by atoms with Crippen LogP contribution >= 0.6 is 34.8 Å². The van der Waals surface area contributed by atoms with E-state index in [4.69, 9.17) is 34.8 Å². The molecule has 0 bridgehead atoms. The molecule has 0 unspecified atom stereocenters. The predicted molar refractivity (Wildman–Crippen MR) is 76.9 cm³/mol. The van der Waals surface area contributed by atoms with E-state index in [0.717, 1.165) is 0 Å². The van der Waals surface area contributed by atoms with Gasteiger partial charge in [0.25, 0.3) is 0 Å². The minimum Gasteiger partial charge on any atom is -0.505 e. The van der Waals surface area contributed by atoms with Crippen LogP contribution < -0.4 is 5.32 Å². The molecule has 0 saturated carbocycles. The van der Waals surface area contributed by atoms with Crippen molar-refractivity contribution in [3.05, 3.63) is 56.8 Å². The van der Waals surface area contributed by atoms with Gasteiger partial charge in [0, 0.05) is 22.8 Å². The Morgan fingerprint density at radius 1 is 1.05 bits per heavy atom. The van der Waals surface area contributed by atoms with Crippen molar-refractivity contribution < 1.29 is 9.50 Å². The van der Waals surface area contributed by atoms with Crippen molar-refractivity contribution in [3.63, 3.8) is 0 Å². The van der Waals surface area contributed by atoms with Gasteiger partial charge in [-0.15, -0.1) is 0 Å². The second kappa shape index (κ2) is 5.87. The van der Waals surface area contributed by atoms with Crippen LogP contribution in [-0.4, -0.2) is 5.11 Å². The monoisotopic (exact) mass is 319 g/mol. The minimum absolute atomic E-state index is 0.120. The molecule has 0 saturated heterocycles. The summed E-state index contributed by atoms with van der Waals surface area (Å²) < 4.78 is 13.6. The molecule has 0 radical (unpaired) electrons. The van der Waals surface area contributed by atoms with E-state index in [1.807, 2.05) is 0 Å². The molecule has 0 spiro atoms. The molecule has 2 rings (SSSR count). The molecule has 0 aromatic heterocycles. The van der Waals surface area contributed by atoms with Crippen molar-refractivity contribution in [2.45, 2.75) is 6.54 Å². The van der Waals surface area contributed by atoms with E-state index in [1.165, 1.54) is 24.3 Å². The average molecular weight is 321 g/mol. The highest BCUT2D eigenvalue weighted by Crippen LogP contribution is 2.35. The van der Waals surface area contributed by atoms with Crippen LogP contribution in [0.15, 0.2) is 30.3 Å². The molecular formula is C13H9Cl3FNO. The van der Waals surface area contributed by atoms with E-state index in [9.17, 15) is 9.50 Å². The standard InChI is InChI=1S/C13H9Cl3FNO/c14-9-2-1-3-12(17)8(9)6-18-7-4-10(15)13(19)11(16)5-7/h1-5,18-19H,6H2. The van der Waals surface area contributed by atoms with Crippen molar-refractivity contribution in [2.75, 3.05) is 5.32 Å². The molecule has 2 aromatic rings. The third-order valence-electron chi connectivity index (χ3n) is 2.55. The number of hydrogen-bond donors (Lipinski definition) is 2. The molecule has 100 valence electrons. The van der Waals surface area contributed by atoms with Crippen molar-refractivity contribution in [2.24, 2.45) is 0 Å². The average Bonchev–Trinajstić information content (AvgIpc) is 2.35. The summed E-state index contributed by atoms with van der Waals surface area (Å²) in [6.45, 7) is 0.183. The molecular weight excluding hydrogens is 312 g/mol. The topological polar surface area (TPSA) is 32.3 Å². The normalized spacial score (nSPS) is 10.5. The van der Waals surface area contributed by atoms with E-state index >= 15 is 0 Å². The lowest BCUT2D eigenvalue weighted by Gasteiger charge is -2.10. The summed E-state index contributed by atoms with van der Waals surface area (Å²) in [5.41, 5.74) is 0.914. The second-order valence-corrected chi connectivity index (χ2v) is 5.06. The first-order valence-electron chi connectivity index (χ1n) is 5.34. The van der Waals surface area contributed by atoms with Gasteiger partial charge in [-0.25, -0.2) is 4.39 Å². The number of benzene rings is 2. The first kappa shape index (κ1) is 14.3. The predicted octanol–water partition coefficient (Wildman–Crippen LogP) is 5.10. The number of hydrogen-bond acceptors (Lipinski definition) is 2. The van der Waals surface area contributed by atoms with Gasteiger partial charge in [0.2, 0.25) is 0 Å². The lowest BCUT2D eigenvalue weighted by Crippen LogP contribution is -2.02. The summed E-state index contributed by atoms with van der Waals surface area (Å²) >= 11 is 17.5. The number of phenolic OH excluding ortho intramolecular Hbond substituents is 1. The zero-order valence-electron chi connectivity index (χ0n) is 9.55. The maximum Gasteiger partial charge on any atom is 0.152 e. The van der Waals surface area contributed by atoms with Crippen LogP contribution in [0.25, 0.3) is 0 Å². The fraction of sp³-hybridized carbons (Fsp3) is 0.0769. The van der Waals surface area contributed by atoms with Gasteiger partial charge in [-0.1, -0.05) is 40.9 Å². The lowest BCUT2D eigenvalue weighted by atomic mass is 10.2. The van der Waals surface area contributed by atoms with Gasteiger partial charge >= 0.3 is 0 Å². The zero-order valence-corrected chi connectivity index (χ0v) is 11.8. The summed E-state index contributed by atoms with van der Waals surface area (Å²) in [4.78, 5) is 0. The van der Waals surface area contributed by atoms with Crippen LogP contribution in [0, 0.1) is 5.82 Å². The summed E-state index contributed by atoms with van der Waals surface area (Å²) in [7, 11) is 0. The smallest absolute Gasteiger partial charge is 0.152 e. The van der Waals surface area contributed by atoms with Gasteiger partial charge in [0.05, 0.1) is 10.0 Å². The highest BCUT2D eigenvalue weighted by Gasteiger charge is 2.09. The summed E-state index contributed by atoms with van der Waals surface area (Å²) in [6.07, 6.45) is 0. The first-order chi connectivity index (χ1) is 8.99. The van der Waals surface area contributed by atoms with E-state index in [1.54, 1.807) is 6.07 Å². The zero-order chi connectivity index (χ0) is 14.0. The van der Waals surface area contributed by atoms with E-state index in [0.29, 0.717) is 16.3 Å². The van der Waals surface area contributed by atoms with Crippen LogP contribution in [0.1, 0.15) is 5.56 Å². The Balaban J connectivity index is 2.19. The van der Waals surface area contributed by atoms with Crippen molar-refractivity contribution in [3.8, 4) is 5.75 Å². The number of phenols is 1. The molecule has 2 aromatic carbocycles. The van der Waals surface area contributed by atoms with Crippen molar-refractivity contribution >= 4 is 40.5 Å². The number of halogens is 4. The Kier molecular flexibility index (Phi) is 4.40. The molecule has 2 nitrogen and oxygen atoms in total. The molecule has 0 fully saturated rings. The summed E-state index contributed by atoms with van der Waals surface area (Å²) in [6, 6.07) is 7.47. The van der Waals surface area contributed by atoms with E-state index in [2.05, 4.69) is 5.32 Å². The molecule has 6 heteroatoms. The Morgan fingerprint density at radius 3 is 2.26 bits per heavy atom. The molecule has 0 amide bonds. The quantitative estimate of drug-likeness (QED) is 0.771. The maximum absolute atomic E-state index is 13.6. The van der Waals surface area contributed by atoms with Gasteiger partial charge in [-0.3, -0.25) is 0 Å². The van der Waals surface area contributed by atoms with Gasteiger partial charge in [-0.2, -0.15) is 0 Å². The van der Waals surface area contributed by atoms with Gasteiger partial charge < -0.3 is 10.4 Å². The molecule has 19 heavy (non-hydrogen) atoms. The molecule has 0 aliphatic rings. The SMILES string of the molecule is Oc1c(Cl)cc(NCc2c(F)cccc2Cl)cc1Cl. The molecule has 0 aliphatic heterocycles. The highest BCUT2D eigenvalue weighted by atomic mass is 35.5. The number of nitrogens with one attached hydrogen (secondary N) is 1. The van der Waals surface area contributed by atoms with Crippen LogP contribution in [0.5, 0.6) is 5.75 Å². The summed E-state index contributed by atoms with van der Waals surface area (Å²) in [5.74, 6) is -0.575. The molecule has 0 aliphatic carbocycles. The van der Waals surface area contributed by atoms with Crippen molar-refractivity contribution in [1.29, 1.82) is 0 Å². The maximum atomic E-state index is 13.6. The number of rotatable bonds is 3. The van der Waals surface area contributed by atoms with Gasteiger partial charge in [-0.05, 0) is 24.3 Å². The summed E-state index contributed by atoms with van der Waals surface area (Å²) in [5, 5.41) is 13.0. The fourth-order valence-corrected chi connectivity index (χ4v) is 2.28. The largest absolute Gasteiger partial charge is 0.505 e. The van der Waals surface area contributed by atoms with Crippen LogP contribution in [-0.2, 0) is 6.54 Å². The highest BCUT2D eigenvalue weighted by molar-refractivity contribution is 6.37. The van der Waals surface area contributed by atoms with Crippen molar-refractivity contribution in [1.82, 2.24) is 0 Å². The Labute approximate surface area is 124 Å². The number of anilines is 1. The molecule has 0 heterocycles. The van der Waals surface area contributed by atoms with E-state index < -0.39 is 5.82 Å². The molecule has 0 atom stereocenters. The van der Waals surface area contributed by atoms with Gasteiger partial charge in [0.1, 0.15) is 5.82 Å². The second-order valence-electron chi connectivity index (χ2n) is 3.84. The van der Waals surface area contributed by atoms with Crippen LogP contribution in [0.2, 0.25) is 15.1 Å². The van der Waals surface area contributed by atoms with E-state index in [-0.39, 0.29) is 22.3 Å². The number of aromatic hydroxyl groups is 1. The Hall–Kier alpha value is -1.16. The van der Waals surface area contributed by atoms with Crippen LogP contribution in [0.3, 0.4) is 0 Å². The third kappa shape index (κ3) is 3.24. The first-order valence-corrected chi connectivity index (χ1v) is 6.47. The Bertz CT molecular complexity index is 576. The minimum atomic E-state index is -0.393. The van der Waals surface area contributed by atoms with Crippen LogP contribution in [0.4, 0.5) is 10.1 Å².